The van der Waals surface area contributed by atoms with Crippen LogP contribution in [0.2, 0.25) is 0 Å². The molecule has 0 spiro atoms. The van der Waals surface area contributed by atoms with Crippen LogP contribution >= 0.6 is 0 Å². The minimum absolute atomic E-state index is 0.0693. The summed E-state index contributed by atoms with van der Waals surface area (Å²) in [6.45, 7) is 9.04. The van der Waals surface area contributed by atoms with Crippen molar-refractivity contribution in [1.82, 2.24) is 10.2 Å². The van der Waals surface area contributed by atoms with Gasteiger partial charge in [0.1, 0.15) is 0 Å². The highest BCUT2D eigenvalue weighted by Gasteiger charge is 2.27. The monoisotopic (exact) mass is 198 g/mol. The van der Waals surface area contributed by atoms with Crippen LogP contribution in [0.25, 0.3) is 0 Å². The first kappa shape index (κ1) is 11.5. The minimum atomic E-state index is 0.0693. The van der Waals surface area contributed by atoms with Crippen molar-refractivity contribution in [1.29, 1.82) is 0 Å². The Morgan fingerprint density at radius 2 is 2.21 bits per heavy atom. The second-order valence-electron chi connectivity index (χ2n) is 4.73. The molecule has 0 unspecified atom stereocenters. The van der Waals surface area contributed by atoms with Gasteiger partial charge in [0, 0.05) is 31.6 Å². The van der Waals surface area contributed by atoms with E-state index in [2.05, 4.69) is 26.1 Å². The summed E-state index contributed by atoms with van der Waals surface area (Å²) < 4.78 is 0. The van der Waals surface area contributed by atoms with Crippen LogP contribution in [0.15, 0.2) is 0 Å². The zero-order chi connectivity index (χ0) is 10.6. The highest BCUT2D eigenvalue weighted by atomic mass is 16.2. The van der Waals surface area contributed by atoms with Crippen LogP contribution in [0.4, 0.5) is 0 Å². The standard InChI is InChI=1S/C11H22N2O/c1-4-5-8-13-9-11(2,3)12-7-6-10(13)14/h12H,4-9H2,1-3H3. The van der Waals surface area contributed by atoms with Crippen molar-refractivity contribution in [2.45, 2.75) is 45.6 Å². The lowest BCUT2D eigenvalue weighted by Gasteiger charge is -2.30. The van der Waals surface area contributed by atoms with Crippen molar-refractivity contribution in [3.8, 4) is 0 Å². The lowest BCUT2D eigenvalue weighted by molar-refractivity contribution is -0.130. The Morgan fingerprint density at radius 1 is 1.50 bits per heavy atom. The topological polar surface area (TPSA) is 32.3 Å². The summed E-state index contributed by atoms with van der Waals surface area (Å²) in [4.78, 5) is 13.7. The van der Waals surface area contributed by atoms with Gasteiger partial charge in [0.25, 0.3) is 0 Å². The lowest BCUT2D eigenvalue weighted by Crippen LogP contribution is -2.47. The number of hydrogen-bond acceptors (Lipinski definition) is 2. The Hall–Kier alpha value is -0.570. The summed E-state index contributed by atoms with van der Waals surface area (Å²) in [5.74, 6) is 0.302. The summed E-state index contributed by atoms with van der Waals surface area (Å²) >= 11 is 0. The zero-order valence-electron chi connectivity index (χ0n) is 9.60. The van der Waals surface area contributed by atoms with Gasteiger partial charge >= 0.3 is 0 Å². The predicted molar refractivity (Wildman–Crippen MR) is 58.2 cm³/mol. The molecule has 14 heavy (non-hydrogen) atoms. The Bertz CT molecular complexity index is 201. The van der Waals surface area contributed by atoms with E-state index in [1.165, 1.54) is 0 Å². The SMILES string of the molecule is CCCCN1CC(C)(C)NCCC1=O. The molecule has 82 valence electrons. The molecule has 0 aromatic carbocycles. The third kappa shape index (κ3) is 3.29. The molecular weight excluding hydrogens is 176 g/mol. The van der Waals surface area contributed by atoms with E-state index in [4.69, 9.17) is 0 Å². The fourth-order valence-electron chi connectivity index (χ4n) is 1.84. The lowest BCUT2D eigenvalue weighted by atomic mass is 10.1. The number of carbonyl (C=O) groups excluding carboxylic acids is 1. The molecule has 0 atom stereocenters. The van der Waals surface area contributed by atoms with Crippen LogP contribution in [0.3, 0.4) is 0 Å². The fraction of sp³-hybridized carbons (Fsp3) is 0.909. The van der Waals surface area contributed by atoms with Crippen molar-refractivity contribution >= 4 is 5.91 Å². The van der Waals surface area contributed by atoms with E-state index in [9.17, 15) is 4.79 Å². The van der Waals surface area contributed by atoms with E-state index in [0.29, 0.717) is 12.3 Å². The van der Waals surface area contributed by atoms with E-state index in [1.54, 1.807) is 0 Å². The van der Waals surface area contributed by atoms with Gasteiger partial charge in [-0.15, -0.1) is 0 Å². The molecular formula is C11H22N2O. The van der Waals surface area contributed by atoms with Crippen LogP contribution in [-0.2, 0) is 4.79 Å². The number of nitrogens with one attached hydrogen (secondary N) is 1. The number of rotatable bonds is 3. The fourth-order valence-corrected chi connectivity index (χ4v) is 1.84. The first-order valence-corrected chi connectivity index (χ1v) is 5.58. The van der Waals surface area contributed by atoms with Crippen LogP contribution < -0.4 is 5.32 Å². The molecule has 1 heterocycles. The highest BCUT2D eigenvalue weighted by Crippen LogP contribution is 2.12. The molecule has 1 N–H and O–H groups in total. The molecule has 1 saturated heterocycles. The molecule has 1 amide bonds. The van der Waals surface area contributed by atoms with Crippen molar-refractivity contribution in [3.05, 3.63) is 0 Å². The van der Waals surface area contributed by atoms with Crippen molar-refractivity contribution in [3.63, 3.8) is 0 Å². The number of nitrogens with zero attached hydrogens (tertiary/aromatic N) is 1. The minimum Gasteiger partial charge on any atom is -0.341 e. The summed E-state index contributed by atoms with van der Waals surface area (Å²) in [5, 5.41) is 3.40. The van der Waals surface area contributed by atoms with E-state index in [1.807, 2.05) is 4.90 Å². The maximum atomic E-state index is 11.7. The Morgan fingerprint density at radius 3 is 2.86 bits per heavy atom. The molecule has 0 aromatic heterocycles. The van der Waals surface area contributed by atoms with Crippen molar-refractivity contribution in [2.75, 3.05) is 19.6 Å². The van der Waals surface area contributed by atoms with Gasteiger partial charge in [-0.05, 0) is 20.3 Å². The first-order valence-electron chi connectivity index (χ1n) is 5.58. The van der Waals surface area contributed by atoms with Gasteiger partial charge in [0.05, 0.1) is 0 Å². The van der Waals surface area contributed by atoms with Gasteiger partial charge < -0.3 is 10.2 Å². The summed E-state index contributed by atoms with van der Waals surface area (Å²) in [7, 11) is 0. The molecule has 1 aliphatic heterocycles. The Kier molecular flexibility index (Phi) is 3.93. The molecule has 0 saturated carbocycles. The third-order valence-electron chi connectivity index (χ3n) is 2.66. The number of amides is 1. The largest absolute Gasteiger partial charge is 0.341 e. The van der Waals surface area contributed by atoms with Gasteiger partial charge in [0.2, 0.25) is 5.91 Å². The number of unbranched alkanes of at least 4 members (excludes halogenated alkanes) is 1. The van der Waals surface area contributed by atoms with Gasteiger partial charge in [-0.1, -0.05) is 13.3 Å². The number of hydrogen-bond donors (Lipinski definition) is 1. The van der Waals surface area contributed by atoms with Gasteiger partial charge in [-0.3, -0.25) is 4.79 Å². The summed E-state index contributed by atoms with van der Waals surface area (Å²) in [5.41, 5.74) is 0.0693. The Labute approximate surface area is 86.9 Å². The van der Waals surface area contributed by atoms with Gasteiger partial charge in [-0.2, -0.15) is 0 Å². The second-order valence-corrected chi connectivity index (χ2v) is 4.73. The molecule has 0 aromatic rings. The van der Waals surface area contributed by atoms with Gasteiger partial charge in [-0.25, -0.2) is 0 Å². The maximum absolute atomic E-state index is 11.7. The van der Waals surface area contributed by atoms with Crippen molar-refractivity contribution < 1.29 is 4.79 Å². The molecule has 3 nitrogen and oxygen atoms in total. The molecule has 1 fully saturated rings. The zero-order valence-corrected chi connectivity index (χ0v) is 9.60. The summed E-state index contributed by atoms with van der Waals surface area (Å²) in [6.07, 6.45) is 2.91. The predicted octanol–water partition coefficient (Wildman–Crippen LogP) is 1.39. The number of carbonyl (C=O) groups is 1. The van der Waals surface area contributed by atoms with Crippen LogP contribution in [0.1, 0.15) is 40.0 Å². The van der Waals surface area contributed by atoms with E-state index < -0.39 is 0 Å². The quantitative estimate of drug-likeness (QED) is 0.743. The normalized spacial score (nSPS) is 22.2. The van der Waals surface area contributed by atoms with E-state index >= 15 is 0 Å². The summed E-state index contributed by atoms with van der Waals surface area (Å²) in [6, 6.07) is 0. The van der Waals surface area contributed by atoms with Crippen LogP contribution in [0, 0.1) is 0 Å². The molecule has 0 aliphatic carbocycles. The molecule has 1 rings (SSSR count). The average Bonchev–Trinajstić information content (AvgIpc) is 2.22. The maximum Gasteiger partial charge on any atom is 0.223 e. The van der Waals surface area contributed by atoms with Crippen LogP contribution in [-0.4, -0.2) is 36.0 Å². The molecule has 0 bridgehead atoms. The average molecular weight is 198 g/mol. The molecule has 3 heteroatoms. The second kappa shape index (κ2) is 4.78. The van der Waals surface area contributed by atoms with Gasteiger partial charge in [0.15, 0.2) is 0 Å². The van der Waals surface area contributed by atoms with E-state index in [-0.39, 0.29) is 5.54 Å². The molecule has 1 aliphatic rings. The molecule has 0 radical (unpaired) electrons. The Balaban J connectivity index is 2.55. The first-order chi connectivity index (χ1) is 6.55. The smallest absolute Gasteiger partial charge is 0.223 e. The highest BCUT2D eigenvalue weighted by molar-refractivity contribution is 5.76. The van der Waals surface area contributed by atoms with Crippen LogP contribution in [0.5, 0.6) is 0 Å². The van der Waals surface area contributed by atoms with Crippen molar-refractivity contribution in [2.24, 2.45) is 0 Å². The third-order valence-corrected chi connectivity index (χ3v) is 2.66. The van der Waals surface area contributed by atoms with E-state index in [0.717, 1.165) is 32.5 Å².